The summed E-state index contributed by atoms with van der Waals surface area (Å²) in [7, 11) is 0. The van der Waals surface area contributed by atoms with E-state index in [1.807, 2.05) is 0 Å². The molecule has 0 N–H and O–H groups in total. The van der Waals surface area contributed by atoms with Crippen molar-refractivity contribution in [1.82, 2.24) is 0 Å². The van der Waals surface area contributed by atoms with Crippen LogP contribution in [0.2, 0.25) is 0 Å². The Hall–Kier alpha value is -2.88. The van der Waals surface area contributed by atoms with Crippen LogP contribution in [-0.4, -0.2) is 24.1 Å². The number of benzene rings is 2. The Labute approximate surface area is 265 Å². The quantitative estimate of drug-likeness (QED) is 0.299. The van der Waals surface area contributed by atoms with Crippen LogP contribution in [0.3, 0.4) is 0 Å². The summed E-state index contributed by atoms with van der Waals surface area (Å²) in [4.78, 5) is 24.4. The summed E-state index contributed by atoms with van der Waals surface area (Å²) in [5.41, 5.74) is 4.01. The van der Waals surface area contributed by atoms with Crippen LogP contribution >= 0.6 is 0 Å². The molecule has 44 heavy (non-hydrogen) atoms. The van der Waals surface area contributed by atoms with Crippen LogP contribution in [0.4, 0.5) is 0 Å². The summed E-state index contributed by atoms with van der Waals surface area (Å²) in [6.07, 6.45) is 12.4. The number of carbonyl (C=O) groups is 2. The number of carbonyl (C=O) groups excluding carboxylic acids is 2. The summed E-state index contributed by atoms with van der Waals surface area (Å²) < 4.78 is 12.1. The number of ether oxygens (including phenoxy) is 2. The maximum Gasteiger partial charge on any atom is 0.302 e. The molecule has 4 aliphatic rings. The van der Waals surface area contributed by atoms with Gasteiger partial charge in [0.15, 0.2) is 0 Å². The first-order valence-corrected chi connectivity index (χ1v) is 17.3. The van der Waals surface area contributed by atoms with Crippen molar-refractivity contribution < 1.29 is 19.1 Å². The molecule has 2 aromatic carbocycles. The highest BCUT2D eigenvalue weighted by Gasteiger charge is 2.65. The van der Waals surface area contributed by atoms with Gasteiger partial charge in [-0.1, -0.05) is 87.5 Å². The van der Waals surface area contributed by atoms with Gasteiger partial charge in [0.25, 0.3) is 0 Å². The zero-order valence-electron chi connectivity index (χ0n) is 27.5. The average molecular weight is 597 g/mol. The molecular formula is C40H52O4. The van der Waals surface area contributed by atoms with Crippen LogP contribution in [0.25, 0.3) is 5.57 Å². The number of hydrogen-bond acceptors (Lipinski definition) is 4. The van der Waals surface area contributed by atoms with Gasteiger partial charge >= 0.3 is 11.9 Å². The van der Waals surface area contributed by atoms with E-state index in [0.717, 1.165) is 32.1 Å². The van der Waals surface area contributed by atoms with E-state index in [4.69, 9.17) is 9.47 Å². The smallest absolute Gasteiger partial charge is 0.302 e. The molecule has 0 amide bonds. The fourth-order valence-corrected chi connectivity index (χ4v) is 10.9. The highest BCUT2D eigenvalue weighted by molar-refractivity contribution is 5.79. The molecule has 4 heteroatoms. The molecule has 4 saturated carbocycles. The predicted octanol–water partition coefficient (Wildman–Crippen LogP) is 9.28. The molecule has 6 rings (SSSR count). The van der Waals surface area contributed by atoms with Crippen molar-refractivity contribution in [3.63, 3.8) is 0 Å². The third-order valence-electron chi connectivity index (χ3n) is 13.0. The average Bonchev–Trinajstić information content (AvgIpc) is 3.37. The third-order valence-corrected chi connectivity index (χ3v) is 13.0. The van der Waals surface area contributed by atoms with Crippen molar-refractivity contribution in [3.8, 4) is 0 Å². The lowest BCUT2D eigenvalue weighted by molar-refractivity contribution is -0.197. The Kier molecular flexibility index (Phi) is 8.83. The van der Waals surface area contributed by atoms with Crippen LogP contribution in [0.5, 0.6) is 0 Å². The van der Waals surface area contributed by atoms with Crippen LogP contribution < -0.4 is 0 Å². The molecular weight excluding hydrogens is 544 g/mol. The minimum Gasteiger partial charge on any atom is -0.463 e. The second-order valence-electron chi connectivity index (χ2n) is 15.1. The van der Waals surface area contributed by atoms with E-state index in [1.165, 1.54) is 49.3 Å². The molecule has 0 aromatic heterocycles. The number of rotatable bonds is 7. The van der Waals surface area contributed by atoms with Crippen LogP contribution in [-0.2, 0) is 19.1 Å². The molecule has 0 aliphatic heterocycles. The van der Waals surface area contributed by atoms with Crippen molar-refractivity contribution in [2.75, 3.05) is 0 Å². The van der Waals surface area contributed by atoms with Crippen LogP contribution in [0.15, 0.2) is 66.7 Å². The lowest BCUT2D eigenvalue weighted by atomic mass is 9.43. The van der Waals surface area contributed by atoms with Crippen LogP contribution in [0, 0.1) is 46.3 Å². The molecule has 0 radical (unpaired) electrons. The monoisotopic (exact) mass is 596 g/mol. The standard InChI is InChI=1S/C40H52O4/c1-26(16-18-33(29-12-8-6-9-13-29)30-14-10-7-11-15-30)35-20-21-36-34-19-17-31-24-32(43-27(2)41)22-23-39(31,4)37(34)25-38(40(35,36)5)44-28(3)42/h6-15,18,26,31-32,34-38H,16-17,19-25H2,1-5H3/t26-,31+,32+,34-,35-,36+,37-,38-,39+,40+/m0/s1. The van der Waals surface area contributed by atoms with Crippen molar-refractivity contribution in [3.05, 3.63) is 77.9 Å². The molecule has 2 aromatic rings. The summed E-state index contributed by atoms with van der Waals surface area (Å²) in [5.74, 6) is 3.07. The Morgan fingerprint density at radius 3 is 2.07 bits per heavy atom. The van der Waals surface area contributed by atoms with Gasteiger partial charge in [-0.15, -0.1) is 0 Å². The molecule has 0 unspecified atom stereocenters. The number of esters is 2. The SMILES string of the molecule is CC(=O)O[C@@H]1CC[C@]2(C)[C@H](CC[C@H]3[C@H]4CC[C@@H]([C@@H](C)CC=C(c5ccccc5)c5ccccc5)[C@@]4(C)[C@@H](OC(C)=O)C[C@@H]32)C1. The Morgan fingerprint density at radius 2 is 1.45 bits per heavy atom. The first-order valence-electron chi connectivity index (χ1n) is 17.3. The van der Waals surface area contributed by atoms with Crippen molar-refractivity contribution in [1.29, 1.82) is 0 Å². The number of hydrogen-bond donors (Lipinski definition) is 0. The van der Waals surface area contributed by atoms with Gasteiger partial charge in [-0.3, -0.25) is 9.59 Å². The van der Waals surface area contributed by atoms with Gasteiger partial charge in [-0.25, -0.2) is 0 Å². The molecule has 0 saturated heterocycles. The summed E-state index contributed by atoms with van der Waals surface area (Å²) >= 11 is 0. The largest absolute Gasteiger partial charge is 0.463 e. The van der Waals surface area contributed by atoms with E-state index in [0.29, 0.717) is 35.5 Å². The summed E-state index contributed by atoms with van der Waals surface area (Å²) in [6.45, 7) is 10.6. The topological polar surface area (TPSA) is 52.6 Å². The lowest BCUT2D eigenvalue weighted by Gasteiger charge is -2.62. The van der Waals surface area contributed by atoms with E-state index < -0.39 is 0 Å². The Balaban J connectivity index is 1.26. The number of allylic oxidation sites excluding steroid dienone is 1. The Morgan fingerprint density at radius 1 is 0.818 bits per heavy atom. The van der Waals surface area contributed by atoms with Gasteiger partial charge in [0.2, 0.25) is 0 Å². The molecule has 236 valence electrons. The van der Waals surface area contributed by atoms with Crippen molar-refractivity contribution >= 4 is 17.5 Å². The fraction of sp³-hybridized carbons (Fsp3) is 0.600. The van der Waals surface area contributed by atoms with Gasteiger partial charge in [-0.05, 0) is 115 Å². The van der Waals surface area contributed by atoms with Gasteiger partial charge in [0.05, 0.1) is 0 Å². The van der Waals surface area contributed by atoms with Crippen molar-refractivity contribution in [2.45, 2.75) is 105 Å². The summed E-state index contributed by atoms with van der Waals surface area (Å²) in [6, 6.07) is 21.5. The van der Waals surface area contributed by atoms with Crippen molar-refractivity contribution in [2.24, 2.45) is 46.3 Å². The minimum atomic E-state index is -0.156. The van der Waals surface area contributed by atoms with E-state index in [-0.39, 0.29) is 35.0 Å². The number of fused-ring (bicyclic) bond motifs is 5. The zero-order chi connectivity index (χ0) is 31.1. The van der Waals surface area contributed by atoms with Crippen LogP contribution in [0.1, 0.15) is 104 Å². The van der Waals surface area contributed by atoms with Gasteiger partial charge < -0.3 is 9.47 Å². The van der Waals surface area contributed by atoms with Gasteiger partial charge in [0, 0.05) is 19.3 Å². The van der Waals surface area contributed by atoms with E-state index in [9.17, 15) is 9.59 Å². The van der Waals surface area contributed by atoms with Gasteiger partial charge in [0.1, 0.15) is 12.2 Å². The van der Waals surface area contributed by atoms with Gasteiger partial charge in [-0.2, -0.15) is 0 Å². The lowest BCUT2D eigenvalue weighted by Crippen LogP contribution is -2.59. The first kappa shape index (κ1) is 31.1. The molecule has 4 aliphatic carbocycles. The second-order valence-corrected chi connectivity index (χ2v) is 15.1. The molecule has 4 nitrogen and oxygen atoms in total. The Bertz CT molecular complexity index is 1310. The second kappa shape index (κ2) is 12.5. The molecule has 10 atom stereocenters. The maximum atomic E-state index is 12.6. The summed E-state index contributed by atoms with van der Waals surface area (Å²) in [5, 5.41) is 0. The molecule has 4 fully saturated rings. The zero-order valence-corrected chi connectivity index (χ0v) is 27.5. The van der Waals surface area contributed by atoms with E-state index in [1.54, 1.807) is 6.92 Å². The fourth-order valence-electron chi connectivity index (χ4n) is 10.9. The molecule has 0 heterocycles. The third kappa shape index (κ3) is 5.67. The first-order chi connectivity index (χ1) is 21.1. The normalized spacial score (nSPS) is 36.6. The maximum absolute atomic E-state index is 12.6. The molecule has 0 bridgehead atoms. The van der Waals surface area contributed by atoms with E-state index >= 15 is 0 Å². The highest BCUT2D eigenvalue weighted by atomic mass is 16.5. The van der Waals surface area contributed by atoms with E-state index in [2.05, 4.69) is 87.5 Å². The molecule has 0 spiro atoms. The predicted molar refractivity (Wildman–Crippen MR) is 175 cm³/mol. The highest BCUT2D eigenvalue weighted by Crippen LogP contribution is 2.69. The minimum absolute atomic E-state index is 0.0160.